The van der Waals surface area contributed by atoms with E-state index in [1.165, 1.54) is 6.33 Å². The zero-order chi connectivity index (χ0) is 11.3. The Bertz CT molecular complexity index is 316. The van der Waals surface area contributed by atoms with E-state index in [1.807, 2.05) is 13.8 Å². The molecule has 0 bridgehead atoms. The van der Waals surface area contributed by atoms with E-state index in [9.17, 15) is 4.39 Å². The monoisotopic (exact) mass is 213 g/mol. The average Bonchev–Trinajstić information content (AvgIpc) is 2.28. The lowest BCUT2D eigenvalue weighted by molar-refractivity contribution is 0.271. The van der Waals surface area contributed by atoms with Crippen molar-refractivity contribution in [1.29, 1.82) is 0 Å². The summed E-state index contributed by atoms with van der Waals surface area (Å²) in [7, 11) is 0. The van der Waals surface area contributed by atoms with Crippen LogP contribution in [0.5, 0.6) is 0 Å². The van der Waals surface area contributed by atoms with Crippen LogP contribution in [0.3, 0.4) is 0 Å². The first-order chi connectivity index (χ1) is 7.22. The number of rotatable bonds is 5. The molecule has 0 aliphatic carbocycles. The van der Waals surface area contributed by atoms with E-state index in [0.717, 1.165) is 0 Å². The van der Waals surface area contributed by atoms with Crippen LogP contribution in [-0.2, 0) is 6.42 Å². The summed E-state index contributed by atoms with van der Waals surface area (Å²) in [6.45, 7) is 3.70. The average molecular weight is 213 g/mol. The lowest BCUT2D eigenvalue weighted by Gasteiger charge is -2.15. The van der Waals surface area contributed by atoms with Crippen LogP contribution in [0, 0.1) is 5.82 Å². The van der Waals surface area contributed by atoms with Crippen molar-refractivity contribution in [2.24, 2.45) is 0 Å². The number of nitrogens with one attached hydrogen (secondary N) is 1. The molecule has 0 radical (unpaired) electrons. The molecule has 0 fully saturated rings. The van der Waals surface area contributed by atoms with E-state index < -0.39 is 5.82 Å². The third-order valence-electron chi connectivity index (χ3n) is 2.25. The van der Waals surface area contributed by atoms with Gasteiger partial charge in [-0.3, -0.25) is 0 Å². The number of aromatic nitrogens is 2. The summed E-state index contributed by atoms with van der Waals surface area (Å²) in [6, 6.07) is -0.167. The van der Waals surface area contributed by atoms with E-state index >= 15 is 0 Å². The molecular formula is C10H16FN3O. The van der Waals surface area contributed by atoms with Gasteiger partial charge in [-0.05, 0) is 12.8 Å². The van der Waals surface area contributed by atoms with Crippen molar-refractivity contribution in [1.82, 2.24) is 9.97 Å². The van der Waals surface area contributed by atoms with Crippen molar-refractivity contribution in [2.75, 3.05) is 11.9 Å². The molecule has 1 atom stereocenters. The van der Waals surface area contributed by atoms with E-state index in [1.54, 1.807) is 0 Å². The molecule has 1 rings (SSSR count). The van der Waals surface area contributed by atoms with Gasteiger partial charge in [0.15, 0.2) is 11.6 Å². The van der Waals surface area contributed by atoms with Gasteiger partial charge in [0.05, 0.1) is 18.3 Å². The predicted molar refractivity (Wildman–Crippen MR) is 56.2 cm³/mol. The van der Waals surface area contributed by atoms with Gasteiger partial charge in [0.1, 0.15) is 6.33 Å². The highest BCUT2D eigenvalue weighted by Gasteiger charge is 2.12. The van der Waals surface area contributed by atoms with Crippen LogP contribution in [0.4, 0.5) is 10.2 Å². The van der Waals surface area contributed by atoms with Crippen LogP contribution in [0.25, 0.3) is 0 Å². The van der Waals surface area contributed by atoms with Gasteiger partial charge >= 0.3 is 0 Å². The number of hydrogen-bond donors (Lipinski definition) is 2. The normalized spacial score (nSPS) is 12.5. The second-order valence-corrected chi connectivity index (χ2v) is 3.27. The SMILES string of the molecule is CCc1ncnc(N[C@@H](CC)CO)c1F. The van der Waals surface area contributed by atoms with Crippen LogP contribution in [0.2, 0.25) is 0 Å². The van der Waals surface area contributed by atoms with Gasteiger partial charge in [-0.2, -0.15) is 0 Å². The number of aliphatic hydroxyl groups is 1. The van der Waals surface area contributed by atoms with Gasteiger partial charge in [0, 0.05) is 0 Å². The second-order valence-electron chi connectivity index (χ2n) is 3.27. The summed E-state index contributed by atoms with van der Waals surface area (Å²) in [6.07, 6.45) is 2.56. The highest BCUT2D eigenvalue weighted by atomic mass is 19.1. The Morgan fingerprint density at radius 3 is 2.73 bits per heavy atom. The number of nitrogens with zero attached hydrogens (tertiary/aromatic N) is 2. The Morgan fingerprint density at radius 2 is 2.20 bits per heavy atom. The number of anilines is 1. The fourth-order valence-corrected chi connectivity index (χ4v) is 1.22. The van der Waals surface area contributed by atoms with Gasteiger partial charge < -0.3 is 10.4 Å². The maximum Gasteiger partial charge on any atom is 0.186 e. The van der Waals surface area contributed by atoms with E-state index in [0.29, 0.717) is 18.5 Å². The Hall–Kier alpha value is -1.23. The third kappa shape index (κ3) is 2.86. The molecule has 1 heterocycles. The summed E-state index contributed by atoms with van der Waals surface area (Å²) < 4.78 is 13.6. The smallest absolute Gasteiger partial charge is 0.186 e. The molecule has 0 saturated carbocycles. The second kappa shape index (κ2) is 5.60. The molecule has 2 N–H and O–H groups in total. The summed E-state index contributed by atoms with van der Waals surface area (Å²) in [4.78, 5) is 7.64. The molecule has 4 nitrogen and oxygen atoms in total. The van der Waals surface area contributed by atoms with Crippen LogP contribution in [-0.4, -0.2) is 27.7 Å². The molecule has 1 aromatic rings. The fraction of sp³-hybridized carbons (Fsp3) is 0.600. The molecule has 0 spiro atoms. The molecule has 0 amide bonds. The van der Waals surface area contributed by atoms with E-state index in [2.05, 4.69) is 15.3 Å². The number of halogens is 1. The van der Waals surface area contributed by atoms with E-state index in [-0.39, 0.29) is 18.5 Å². The topological polar surface area (TPSA) is 58.0 Å². The van der Waals surface area contributed by atoms with Crippen LogP contribution >= 0.6 is 0 Å². The van der Waals surface area contributed by atoms with Crippen molar-refractivity contribution >= 4 is 5.82 Å². The minimum atomic E-state index is -0.424. The van der Waals surface area contributed by atoms with Crippen LogP contribution in [0.1, 0.15) is 26.0 Å². The van der Waals surface area contributed by atoms with Crippen molar-refractivity contribution in [3.63, 3.8) is 0 Å². The highest BCUT2D eigenvalue weighted by Crippen LogP contribution is 2.14. The summed E-state index contributed by atoms with van der Waals surface area (Å²) in [5.41, 5.74) is 0.389. The van der Waals surface area contributed by atoms with Gasteiger partial charge in [-0.25, -0.2) is 14.4 Å². The zero-order valence-electron chi connectivity index (χ0n) is 9.00. The lowest BCUT2D eigenvalue weighted by Crippen LogP contribution is -2.24. The van der Waals surface area contributed by atoms with Crippen molar-refractivity contribution in [2.45, 2.75) is 32.7 Å². The van der Waals surface area contributed by atoms with Crippen molar-refractivity contribution in [3.8, 4) is 0 Å². The lowest BCUT2D eigenvalue weighted by atomic mass is 10.2. The maximum absolute atomic E-state index is 13.6. The molecule has 0 saturated heterocycles. The summed E-state index contributed by atoms with van der Waals surface area (Å²) in [5, 5.41) is 11.8. The summed E-state index contributed by atoms with van der Waals surface area (Å²) in [5.74, 6) is -0.255. The molecule has 0 aliphatic heterocycles. The van der Waals surface area contributed by atoms with Crippen LogP contribution in [0.15, 0.2) is 6.33 Å². The Morgan fingerprint density at radius 1 is 1.47 bits per heavy atom. The van der Waals surface area contributed by atoms with Crippen molar-refractivity contribution < 1.29 is 9.50 Å². The fourth-order valence-electron chi connectivity index (χ4n) is 1.22. The summed E-state index contributed by atoms with van der Waals surface area (Å²) >= 11 is 0. The minimum Gasteiger partial charge on any atom is -0.394 e. The molecule has 5 heteroatoms. The number of aryl methyl sites for hydroxylation is 1. The van der Waals surface area contributed by atoms with Crippen molar-refractivity contribution in [3.05, 3.63) is 17.8 Å². The highest BCUT2D eigenvalue weighted by molar-refractivity contribution is 5.38. The Kier molecular flexibility index (Phi) is 4.42. The van der Waals surface area contributed by atoms with Gasteiger partial charge in [0.2, 0.25) is 0 Å². The molecule has 15 heavy (non-hydrogen) atoms. The standard InChI is InChI=1S/C10H16FN3O/c1-3-7(5-15)14-10-9(11)8(4-2)12-6-13-10/h6-7,15H,3-5H2,1-2H3,(H,12,13,14)/t7-/m0/s1. The molecule has 1 aromatic heterocycles. The first kappa shape index (κ1) is 11.8. The first-order valence-corrected chi connectivity index (χ1v) is 5.09. The molecular weight excluding hydrogens is 197 g/mol. The van der Waals surface area contributed by atoms with Gasteiger partial charge in [-0.15, -0.1) is 0 Å². The minimum absolute atomic E-state index is 0.0403. The molecule has 0 aliphatic rings. The number of aliphatic hydroxyl groups excluding tert-OH is 1. The third-order valence-corrected chi connectivity index (χ3v) is 2.25. The van der Waals surface area contributed by atoms with Gasteiger partial charge in [0.25, 0.3) is 0 Å². The number of hydrogen-bond acceptors (Lipinski definition) is 4. The Labute approximate surface area is 88.6 Å². The molecule has 0 aromatic carbocycles. The predicted octanol–water partition coefficient (Wildman–Crippen LogP) is 1.36. The largest absolute Gasteiger partial charge is 0.394 e. The van der Waals surface area contributed by atoms with Crippen LogP contribution < -0.4 is 5.32 Å². The molecule has 84 valence electrons. The first-order valence-electron chi connectivity index (χ1n) is 5.09. The van der Waals surface area contributed by atoms with E-state index in [4.69, 9.17) is 5.11 Å². The van der Waals surface area contributed by atoms with Gasteiger partial charge in [-0.1, -0.05) is 13.8 Å². The quantitative estimate of drug-likeness (QED) is 0.775. The zero-order valence-corrected chi connectivity index (χ0v) is 9.00. The molecule has 0 unspecified atom stereocenters. The maximum atomic E-state index is 13.6. The Balaban J connectivity index is 2.85.